The van der Waals surface area contributed by atoms with Crippen LogP contribution in [0.4, 0.5) is 0 Å². The van der Waals surface area contributed by atoms with Gasteiger partial charge in [-0.1, -0.05) is 66.6 Å². The first kappa shape index (κ1) is 22.0. The highest BCUT2D eigenvalue weighted by Gasteiger charge is 2.27. The van der Waals surface area contributed by atoms with Crippen LogP contribution >= 0.6 is 11.6 Å². The lowest BCUT2D eigenvalue weighted by atomic mass is 10.1. The molecule has 0 spiro atoms. The maximum absolute atomic E-state index is 13.1. The minimum Gasteiger partial charge on any atom is -0.352 e. The van der Waals surface area contributed by atoms with Crippen molar-refractivity contribution in [3.8, 4) is 0 Å². The summed E-state index contributed by atoms with van der Waals surface area (Å²) in [6.45, 7) is 8.03. The Labute approximate surface area is 172 Å². The van der Waals surface area contributed by atoms with Crippen molar-refractivity contribution in [3.05, 3.63) is 70.2 Å². The lowest BCUT2D eigenvalue weighted by Crippen LogP contribution is -2.49. The number of rotatable bonds is 8. The summed E-state index contributed by atoms with van der Waals surface area (Å²) in [7, 11) is 0. The number of benzene rings is 2. The second-order valence-electron chi connectivity index (χ2n) is 7.27. The summed E-state index contributed by atoms with van der Waals surface area (Å²) < 4.78 is 0. The number of carbonyl (C=O) groups excluding carboxylic acids is 2. The summed E-state index contributed by atoms with van der Waals surface area (Å²) in [5, 5.41) is 3.56. The van der Waals surface area contributed by atoms with Crippen LogP contribution < -0.4 is 5.32 Å². The Hall–Kier alpha value is -2.33. The van der Waals surface area contributed by atoms with Crippen molar-refractivity contribution < 1.29 is 9.59 Å². The molecule has 0 bridgehead atoms. The van der Waals surface area contributed by atoms with Crippen LogP contribution in [0.2, 0.25) is 5.02 Å². The van der Waals surface area contributed by atoms with Crippen LogP contribution in [0.3, 0.4) is 0 Å². The normalized spacial score (nSPS) is 12.9. The van der Waals surface area contributed by atoms with Crippen molar-refractivity contribution in [2.75, 3.05) is 0 Å². The number of halogens is 1. The van der Waals surface area contributed by atoms with Gasteiger partial charge in [-0.25, -0.2) is 0 Å². The van der Waals surface area contributed by atoms with Crippen LogP contribution in [0.5, 0.6) is 0 Å². The van der Waals surface area contributed by atoms with Crippen molar-refractivity contribution in [1.29, 1.82) is 0 Å². The minimum absolute atomic E-state index is 0.0592. The first-order valence-corrected chi connectivity index (χ1v) is 10.1. The summed E-state index contributed by atoms with van der Waals surface area (Å²) in [4.78, 5) is 27.5. The van der Waals surface area contributed by atoms with Crippen molar-refractivity contribution >= 4 is 23.4 Å². The van der Waals surface area contributed by atoms with Crippen LogP contribution in [-0.4, -0.2) is 28.8 Å². The highest BCUT2D eigenvalue weighted by atomic mass is 35.5. The molecule has 0 saturated heterocycles. The van der Waals surface area contributed by atoms with Crippen molar-refractivity contribution in [2.45, 2.75) is 59.2 Å². The van der Waals surface area contributed by atoms with E-state index >= 15 is 0 Å². The zero-order valence-corrected chi connectivity index (χ0v) is 17.8. The maximum Gasteiger partial charge on any atom is 0.242 e. The molecule has 28 heavy (non-hydrogen) atoms. The predicted molar refractivity (Wildman–Crippen MR) is 114 cm³/mol. The third-order valence-corrected chi connectivity index (χ3v) is 5.27. The molecule has 0 aliphatic heterocycles. The van der Waals surface area contributed by atoms with E-state index in [4.69, 9.17) is 11.6 Å². The first-order valence-electron chi connectivity index (χ1n) is 9.70. The second kappa shape index (κ2) is 10.3. The van der Waals surface area contributed by atoms with Crippen LogP contribution in [0.1, 0.15) is 43.9 Å². The molecule has 0 saturated carbocycles. The molecule has 0 fully saturated rings. The van der Waals surface area contributed by atoms with Gasteiger partial charge < -0.3 is 10.2 Å². The molecule has 2 rings (SSSR count). The Morgan fingerprint density at radius 3 is 2.46 bits per heavy atom. The van der Waals surface area contributed by atoms with Crippen molar-refractivity contribution in [3.63, 3.8) is 0 Å². The number of aryl methyl sites for hydroxylation is 1. The van der Waals surface area contributed by atoms with Gasteiger partial charge in [-0.3, -0.25) is 9.59 Å². The molecule has 0 unspecified atom stereocenters. The van der Waals surface area contributed by atoms with Crippen LogP contribution in [-0.2, 0) is 22.6 Å². The van der Waals surface area contributed by atoms with E-state index in [1.807, 2.05) is 63.2 Å². The Bertz CT molecular complexity index is 822. The molecule has 2 amide bonds. The van der Waals surface area contributed by atoms with E-state index in [0.29, 0.717) is 11.6 Å². The van der Waals surface area contributed by atoms with E-state index in [1.54, 1.807) is 17.9 Å². The molecule has 2 atom stereocenters. The Morgan fingerprint density at radius 2 is 1.82 bits per heavy atom. The quantitative estimate of drug-likeness (QED) is 0.708. The van der Waals surface area contributed by atoms with Gasteiger partial charge in [0.1, 0.15) is 6.04 Å². The van der Waals surface area contributed by atoms with Gasteiger partial charge in [-0.2, -0.15) is 0 Å². The van der Waals surface area contributed by atoms with Gasteiger partial charge in [0.2, 0.25) is 11.8 Å². The lowest BCUT2D eigenvalue weighted by Gasteiger charge is -2.30. The van der Waals surface area contributed by atoms with Gasteiger partial charge in [0, 0.05) is 17.6 Å². The number of hydrogen-bond acceptors (Lipinski definition) is 2. The summed E-state index contributed by atoms with van der Waals surface area (Å²) in [5.41, 5.74) is 2.86. The molecular weight excluding hydrogens is 372 g/mol. The van der Waals surface area contributed by atoms with Gasteiger partial charge in [0.05, 0.1) is 6.42 Å². The molecule has 4 nitrogen and oxygen atoms in total. The molecule has 0 aliphatic rings. The highest BCUT2D eigenvalue weighted by Crippen LogP contribution is 2.19. The second-order valence-corrected chi connectivity index (χ2v) is 7.68. The monoisotopic (exact) mass is 400 g/mol. The van der Waals surface area contributed by atoms with Crippen molar-refractivity contribution in [1.82, 2.24) is 10.2 Å². The topological polar surface area (TPSA) is 49.4 Å². The largest absolute Gasteiger partial charge is 0.352 e. The highest BCUT2D eigenvalue weighted by molar-refractivity contribution is 6.31. The van der Waals surface area contributed by atoms with E-state index in [-0.39, 0.29) is 24.3 Å². The summed E-state index contributed by atoms with van der Waals surface area (Å²) >= 11 is 6.31. The maximum atomic E-state index is 13.1. The van der Waals surface area contributed by atoms with E-state index in [1.165, 1.54) is 0 Å². The summed E-state index contributed by atoms with van der Waals surface area (Å²) in [6, 6.07) is 14.7. The fourth-order valence-corrected chi connectivity index (χ4v) is 3.15. The number of nitrogens with one attached hydrogen (secondary N) is 1. The van der Waals surface area contributed by atoms with Gasteiger partial charge >= 0.3 is 0 Å². The fourth-order valence-electron chi connectivity index (χ4n) is 2.96. The average molecular weight is 401 g/mol. The molecule has 0 aliphatic carbocycles. The number of amides is 2. The van der Waals surface area contributed by atoms with E-state index in [0.717, 1.165) is 23.1 Å². The van der Waals surface area contributed by atoms with E-state index in [2.05, 4.69) is 5.32 Å². The molecular formula is C23H29ClN2O2. The number of hydrogen-bond donors (Lipinski definition) is 1. The molecule has 1 N–H and O–H groups in total. The fraction of sp³-hybridized carbons (Fsp3) is 0.391. The van der Waals surface area contributed by atoms with E-state index in [9.17, 15) is 9.59 Å². The molecule has 5 heteroatoms. The van der Waals surface area contributed by atoms with Crippen LogP contribution in [0, 0.1) is 6.92 Å². The molecule has 0 aromatic heterocycles. The lowest BCUT2D eigenvalue weighted by molar-refractivity contribution is -0.140. The standard InChI is InChI=1S/C23H29ClN2O2/c1-5-17(3)25-23(28)18(4)26(15-20-11-6-7-12-21(20)24)22(27)14-19-10-8-9-16(2)13-19/h6-13,17-18H,5,14-15H2,1-4H3,(H,25,28)/t17-,18-/m1/s1. The van der Waals surface area contributed by atoms with Gasteiger partial charge in [-0.05, 0) is 44.4 Å². The zero-order chi connectivity index (χ0) is 20.7. The predicted octanol–water partition coefficient (Wildman–Crippen LogP) is 4.52. The van der Waals surface area contributed by atoms with Crippen molar-refractivity contribution in [2.24, 2.45) is 0 Å². The number of carbonyl (C=O) groups is 2. The molecule has 2 aromatic rings. The summed E-state index contributed by atoms with van der Waals surface area (Å²) in [6.07, 6.45) is 1.08. The van der Waals surface area contributed by atoms with Crippen LogP contribution in [0.25, 0.3) is 0 Å². The van der Waals surface area contributed by atoms with Gasteiger partial charge in [-0.15, -0.1) is 0 Å². The zero-order valence-electron chi connectivity index (χ0n) is 17.0. The Balaban J connectivity index is 2.25. The molecule has 0 radical (unpaired) electrons. The minimum atomic E-state index is -0.595. The third kappa shape index (κ3) is 6.10. The Kier molecular flexibility index (Phi) is 8.06. The van der Waals surface area contributed by atoms with Gasteiger partial charge in [0.25, 0.3) is 0 Å². The van der Waals surface area contributed by atoms with Gasteiger partial charge in [0.15, 0.2) is 0 Å². The third-order valence-electron chi connectivity index (χ3n) is 4.90. The number of nitrogens with zero attached hydrogens (tertiary/aromatic N) is 1. The van der Waals surface area contributed by atoms with Crippen LogP contribution in [0.15, 0.2) is 48.5 Å². The van der Waals surface area contributed by atoms with E-state index < -0.39 is 6.04 Å². The molecule has 150 valence electrons. The summed E-state index contributed by atoms with van der Waals surface area (Å²) in [5.74, 6) is -0.253. The molecule has 2 aromatic carbocycles. The smallest absolute Gasteiger partial charge is 0.242 e. The Morgan fingerprint density at radius 1 is 1.11 bits per heavy atom. The molecule has 0 heterocycles. The first-order chi connectivity index (χ1) is 13.3. The average Bonchev–Trinajstić information content (AvgIpc) is 2.66. The SMILES string of the molecule is CC[C@@H](C)NC(=O)[C@@H](C)N(Cc1ccccc1Cl)C(=O)Cc1cccc(C)c1.